The number of hydrogen-bond donors (Lipinski definition) is 0. The van der Waals surface area contributed by atoms with E-state index in [4.69, 9.17) is 4.74 Å². The van der Waals surface area contributed by atoms with Crippen molar-refractivity contribution in [3.8, 4) is 5.75 Å². The zero-order chi connectivity index (χ0) is 17.8. The molecule has 6 heteroatoms. The number of rotatable bonds is 4. The zero-order valence-electron chi connectivity index (χ0n) is 14.7. The van der Waals surface area contributed by atoms with E-state index in [2.05, 4.69) is 0 Å². The van der Waals surface area contributed by atoms with Gasteiger partial charge in [0, 0.05) is 32.1 Å². The van der Waals surface area contributed by atoms with Crippen molar-refractivity contribution in [3.05, 3.63) is 29.6 Å². The minimum absolute atomic E-state index is 0.0253. The number of ether oxygens (including phenoxy) is 1. The highest BCUT2D eigenvalue weighted by molar-refractivity contribution is 5.81. The maximum absolute atomic E-state index is 13.9. The quantitative estimate of drug-likeness (QED) is 0.839. The Labute approximate surface area is 147 Å². The number of benzene rings is 1. The molecule has 0 spiro atoms. The first kappa shape index (κ1) is 17.7. The first-order valence-electron chi connectivity index (χ1n) is 9.00. The molecule has 136 valence electrons. The van der Waals surface area contributed by atoms with E-state index in [-0.39, 0.29) is 30.1 Å². The smallest absolute Gasteiger partial charge is 0.260 e. The second-order valence-electron chi connectivity index (χ2n) is 6.86. The van der Waals surface area contributed by atoms with Crippen molar-refractivity contribution in [2.45, 2.75) is 32.6 Å². The van der Waals surface area contributed by atoms with Gasteiger partial charge in [-0.05, 0) is 44.2 Å². The average molecular weight is 348 g/mol. The maximum Gasteiger partial charge on any atom is 0.260 e. The van der Waals surface area contributed by atoms with Gasteiger partial charge in [-0.3, -0.25) is 9.59 Å². The van der Waals surface area contributed by atoms with Gasteiger partial charge in [-0.15, -0.1) is 0 Å². The summed E-state index contributed by atoms with van der Waals surface area (Å²) in [5.74, 6) is -0.217. The molecule has 2 amide bonds. The summed E-state index contributed by atoms with van der Waals surface area (Å²) >= 11 is 0. The summed E-state index contributed by atoms with van der Waals surface area (Å²) < 4.78 is 19.2. The molecule has 2 aliphatic rings. The number of hydrogen-bond acceptors (Lipinski definition) is 3. The van der Waals surface area contributed by atoms with Gasteiger partial charge in [0.1, 0.15) is 0 Å². The second-order valence-corrected chi connectivity index (χ2v) is 6.86. The summed E-state index contributed by atoms with van der Waals surface area (Å²) in [6.45, 7) is 4.34. The summed E-state index contributed by atoms with van der Waals surface area (Å²) in [7, 11) is 0. The molecule has 5 nitrogen and oxygen atoms in total. The van der Waals surface area contributed by atoms with Crippen LogP contribution in [0.3, 0.4) is 0 Å². The first-order chi connectivity index (χ1) is 12.1. The standard InChI is InChI=1S/C19H25FN2O3/c1-14-5-4-6-16(18(14)20)25-13-17(23)21-11-7-15(8-12-21)19(24)22-9-2-3-10-22/h4-6,15H,2-3,7-13H2,1H3. The molecule has 0 N–H and O–H groups in total. The lowest BCUT2D eigenvalue weighted by molar-refractivity contribution is -0.140. The van der Waals surface area contributed by atoms with E-state index >= 15 is 0 Å². The van der Waals surface area contributed by atoms with Crippen molar-refractivity contribution in [1.82, 2.24) is 9.80 Å². The van der Waals surface area contributed by atoms with Gasteiger partial charge in [-0.25, -0.2) is 4.39 Å². The summed E-state index contributed by atoms with van der Waals surface area (Å²) in [6.07, 6.45) is 3.58. The average Bonchev–Trinajstić information content (AvgIpc) is 3.17. The summed E-state index contributed by atoms with van der Waals surface area (Å²) in [6, 6.07) is 4.89. The molecule has 0 aromatic heterocycles. The van der Waals surface area contributed by atoms with E-state index < -0.39 is 5.82 Å². The van der Waals surface area contributed by atoms with Gasteiger partial charge in [0.25, 0.3) is 5.91 Å². The Morgan fingerprint density at radius 3 is 2.48 bits per heavy atom. The molecule has 3 rings (SSSR count). The van der Waals surface area contributed by atoms with E-state index in [0.29, 0.717) is 31.5 Å². The lowest BCUT2D eigenvalue weighted by Crippen LogP contribution is -2.45. The fourth-order valence-corrected chi connectivity index (χ4v) is 3.53. The third kappa shape index (κ3) is 4.11. The van der Waals surface area contributed by atoms with Gasteiger partial charge in [0.15, 0.2) is 18.2 Å². The molecule has 2 fully saturated rings. The molecule has 2 aliphatic heterocycles. The molecular weight excluding hydrogens is 323 g/mol. The Hall–Kier alpha value is -2.11. The fraction of sp³-hybridized carbons (Fsp3) is 0.579. The van der Waals surface area contributed by atoms with Crippen LogP contribution in [0.15, 0.2) is 18.2 Å². The summed E-state index contributed by atoms with van der Waals surface area (Å²) in [5, 5.41) is 0. The highest BCUT2D eigenvalue weighted by Crippen LogP contribution is 2.23. The molecule has 0 unspecified atom stereocenters. The zero-order valence-corrected chi connectivity index (χ0v) is 14.7. The van der Waals surface area contributed by atoms with Crippen LogP contribution in [0.2, 0.25) is 0 Å². The number of carbonyl (C=O) groups is 2. The van der Waals surface area contributed by atoms with Gasteiger partial charge in [0.2, 0.25) is 5.91 Å². The van der Waals surface area contributed by atoms with Crippen LogP contribution in [0.5, 0.6) is 5.75 Å². The van der Waals surface area contributed by atoms with Crippen LogP contribution in [0.25, 0.3) is 0 Å². The number of nitrogens with zero attached hydrogens (tertiary/aromatic N) is 2. The highest BCUT2D eigenvalue weighted by Gasteiger charge is 2.31. The van der Waals surface area contributed by atoms with E-state index in [1.807, 2.05) is 4.90 Å². The van der Waals surface area contributed by atoms with E-state index in [1.165, 1.54) is 6.07 Å². The minimum atomic E-state index is -0.426. The Balaban J connectivity index is 1.46. The molecule has 2 saturated heterocycles. The van der Waals surface area contributed by atoms with Gasteiger partial charge >= 0.3 is 0 Å². The van der Waals surface area contributed by atoms with Crippen LogP contribution in [-0.4, -0.2) is 54.4 Å². The van der Waals surface area contributed by atoms with Crippen LogP contribution < -0.4 is 4.74 Å². The third-order valence-corrected chi connectivity index (χ3v) is 5.12. The number of amides is 2. The predicted molar refractivity (Wildman–Crippen MR) is 91.8 cm³/mol. The number of carbonyl (C=O) groups excluding carboxylic acids is 2. The van der Waals surface area contributed by atoms with Crippen LogP contribution in [0, 0.1) is 18.7 Å². The number of likely N-dealkylation sites (tertiary alicyclic amines) is 2. The molecule has 0 radical (unpaired) electrons. The fourth-order valence-electron chi connectivity index (χ4n) is 3.53. The molecule has 2 heterocycles. The monoisotopic (exact) mass is 348 g/mol. The summed E-state index contributed by atoms with van der Waals surface area (Å²) in [5.41, 5.74) is 0.492. The lowest BCUT2D eigenvalue weighted by Gasteiger charge is -2.33. The minimum Gasteiger partial charge on any atom is -0.481 e. The predicted octanol–water partition coefficient (Wildman–Crippen LogP) is 2.37. The Kier molecular flexibility index (Phi) is 5.56. The van der Waals surface area contributed by atoms with Crippen LogP contribution in [-0.2, 0) is 9.59 Å². The lowest BCUT2D eigenvalue weighted by atomic mass is 9.95. The molecule has 0 aliphatic carbocycles. The van der Waals surface area contributed by atoms with Crippen molar-refractivity contribution < 1.29 is 18.7 Å². The van der Waals surface area contributed by atoms with Crippen molar-refractivity contribution in [2.24, 2.45) is 5.92 Å². The van der Waals surface area contributed by atoms with Crippen LogP contribution in [0.1, 0.15) is 31.2 Å². The Morgan fingerprint density at radius 1 is 1.12 bits per heavy atom. The van der Waals surface area contributed by atoms with E-state index in [1.54, 1.807) is 24.0 Å². The molecule has 0 bridgehead atoms. The van der Waals surface area contributed by atoms with Gasteiger partial charge < -0.3 is 14.5 Å². The normalized spacial score (nSPS) is 18.5. The maximum atomic E-state index is 13.9. The molecule has 0 atom stereocenters. The number of halogens is 1. The first-order valence-corrected chi connectivity index (χ1v) is 9.00. The molecule has 1 aromatic rings. The molecule has 0 saturated carbocycles. The SMILES string of the molecule is Cc1cccc(OCC(=O)N2CCC(C(=O)N3CCCC3)CC2)c1F. The summed E-state index contributed by atoms with van der Waals surface area (Å²) in [4.78, 5) is 28.4. The number of piperidine rings is 1. The van der Waals surface area contributed by atoms with Gasteiger partial charge in [0.05, 0.1) is 0 Å². The van der Waals surface area contributed by atoms with Gasteiger partial charge in [-0.1, -0.05) is 12.1 Å². The molecule has 25 heavy (non-hydrogen) atoms. The van der Waals surface area contributed by atoms with Crippen molar-refractivity contribution in [3.63, 3.8) is 0 Å². The topological polar surface area (TPSA) is 49.9 Å². The van der Waals surface area contributed by atoms with Crippen LogP contribution >= 0.6 is 0 Å². The van der Waals surface area contributed by atoms with Crippen molar-refractivity contribution in [1.29, 1.82) is 0 Å². The Bertz CT molecular complexity index is 636. The highest BCUT2D eigenvalue weighted by atomic mass is 19.1. The molecular formula is C19H25FN2O3. The van der Waals surface area contributed by atoms with E-state index in [0.717, 1.165) is 25.9 Å². The van der Waals surface area contributed by atoms with Gasteiger partial charge in [-0.2, -0.15) is 0 Å². The largest absolute Gasteiger partial charge is 0.481 e. The third-order valence-electron chi connectivity index (χ3n) is 5.12. The second kappa shape index (κ2) is 7.85. The number of aryl methyl sites for hydroxylation is 1. The Morgan fingerprint density at radius 2 is 1.80 bits per heavy atom. The molecule has 1 aromatic carbocycles. The van der Waals surface area contributed by atoms with E-state index in [9.17, 15) is 14.0 Å². The van der Waals surface area contributed by atoms with Crippen LogP contribution in [0.4, 0.5) is 4.39 Å². The van der Waals surface area contributed by atoms with Crippen molar-refractivity contribution in [2.75, 3.05) is 32.8 Å². The van der Waals surface area contributed by atoms with Crippen molar-refractivity contribution >= 4 is 11.8 Å².